The van der Waals surface area contributed by atoms with Gasteiger partial charge in [-0.05, 0) is 20.8 Å². The molecule has 0 rings (SSSR count). The van der Waals surface area contributed by atoms with Crippen molar-refractivity contribution in [1.82, 2.24) is 0 Å². The Hall–Kier alpha value is -0.360. The lowest BCUT2D eigenvalue weighted by Crippen LogP contribution is -2.49. The Morgan fingerprint density at radius 1 is 1.27 bits per heavy atom. The van der Waals surface area contributed by atoms with E-state index < -0.39 is 11.7 Å². The molecule has 1 atom stereocenters. The van der Waals surface area contributed by atoms with E-state index in [2.05, 4.69) is 0 Å². The Morgan fingerprint density at radius 3 is 2.33 bits per heavy atom. The first-order chi connectivity index (χ1) is 6.54. The summed E-state index contributed by atoms with van der Waals surface area (Å²) in [5.74, 6) is -0.559. The van der Waals surface area contributed by atoms with E-state index >= 15 is 0 Å². The van der Waals surface area contributed by atoms with Crippen LogP contribution in [0.1, 0.15) is 20.8 Å². The number of carbonyl (C=O) groups excluding carboxylic acids is 1. The van der Waals surface area contributed by atoms with Crippen LogP contribution in [0.3, 0.4) is 0 Å². The second kappa shape index (κ2) is 8.91. The summed E-state index contributed by atoms with van der Waals surface area (Å²) in [5, 5.41) is 0. The summed E-state index contributed by atoms with van der Waals surface area (Å²) < 4.78 is 14.9. The minimum atomic E-state index is -1.38. The fraction of sp³-hybridized carbons (Fsp3) is 0.889. The molecule has 0 saturated heterocycles. The van der Waals surface area contributed by atoms with Crippen LogP contribution in [0.25, 0.3) is 0 Å². The molecule has 0 aromatic carbocycles. The molecular formula is C9H20ClNO4. The van der Waals surface area contributed by atoms with Gasteiger partial charge in [-0.15, -0.1) is 12.4 Å². The maximum absolute atomic E-state index is 11.2. The van der Waals surface area contributed by atoms with E-state index in [1.54, 1.807) is 6.92 Å². The van der Waals surface area contributed by atoms with E-state index in [1.807, 2.05) is 6.92 Å². The molecule has 0 aliphatic heterocycles. The highest BCUT2D eigenvalue weighted by molar-refractivity contribution is 5.85. The van der Waals surface area contributed by atoms with Crippen molar-refractivity contribution in [2.75, 3.05) is 26.4 Å². The first kappa shape index (κ1) is 17.0. The molecule has 0 unspecified atom stereocenters. The molecule has 6 heteroatoms. The topological polar surface area (TPSA) is 70.8 Å². The van der Waals surface area contributed by atoms with Gasteiger partial charge in [0.1, 0.15) is 0 Å². The third-order valence-corrected chi connectivity index (χ3v) is 1.51. The lowest BCUT2D eigenvalue weighted by Gasteiger charge is -2.22. The zero-order valence-corrected chi connectivity index (χ0v) is 10.3. The van der Waals surface area contributed by atoms with Gasteiger partial charge in [-0.1, -0.05) is 0 Å². The van der Waals surface area contributed by atoms with Crippen LogP contribution in [0.15, 0.2) is 0 Å². The van der Waals surface area contributed by atoms with E-state index in [9.17, 15) is 4.79 Å². The minimum absolute atomic E-state index is 0. The summed E-state index contributed by atoms with van der Waals surface area (Å²) in [6.45, 7) is 6.67. The van der Waals surface area contributed by atoms with Crippen LogP contribution < -0.4 is 5.73 Å². The fourth-order valence-corrected chi connectivity index (χ4v) is 0.790. The van der Waals surface area contributed by atoms with Gasteiger partial charge in [0.05, 0.1) is 19.8 Å². The number of nitrogens with two attached hydrogens (primary N) is 1. The largest absolute Gasteiger partial charge is 0.463 e. The lowest BCUT2D eigenvalue weighted by molar-refractivity contribution is -0.170. The summed E-state index contributed by atoms with van der Waals surface area (Å²) in [5.41, 5.74) is 4.19. The van der Waals surface area contributed by atoms with Crippen LogP contribution in [-0.4, -0.2) is 38.1 Å². The standard InChI is InChI=1S/C9H19NO4.ClH/c1-4-12-6-7-14-9(3,10)8(11)13-5-2;/h4-7,10H2,1-3H3;1H/t9-;/m1./s1. The molecule has 5 nitrogen and oxygen atoms in total. The van der Waals surface area contributed by atoms with Crippen LogP contribution in [-0.2, 0) is 19.0 Å². The smallest absolute Gasteiger partial charge is 0.353 e. The normalized spacial score (nSPS) is 13.9. The van der Waals surface area contributed by atoms with Crippen molar-refractivity contribution in [2.45, 2.75) is 26.5 Å². The van der Waals surface area contributed by atoms with Gasteiger partial charge in [-0.2, -0.15) is 0 Å². The molecule has 0 fully saturated rings. The fourth-order valence-electron chi connectivity index (χ4n) is 0.790. The Bertz CT molecular complexity index is 175. The quantitative estimate of drug-likeness (QED) is 0.404. The molecule has 0 spiro atoms. The van der Waals surface area contributed by atoms with Gasteiger partial charge in [0, 0.05) is 6.61 Å². The molecular weight excluding hydrogens is 222 g/mol. The van der Waals surface area contributed by atoms with E-state index in [0.29, 0.717) is 19.8 Å². The van der Waals surface area contributed by atoms with Crippen LogP contribution >= 0.6 is 12.4 Å². The molecule has 0 heterocycles. The predicted molar refractivity (Wildman–Crippen MR) is 58.9 cm³/mol. The average Bonchev–Trinajstić information content (AvgIpc) is 2.13. The number of halogens is 1. The molecule has 92 valence electrons. The number of hydrogen-bond donors (Lipinski definition) is 1. The molecule has 0 aromatic rings. The molecule has 0 amide bonds. The first-order valence-electron chi connectivity index (χ1n) is 4.72. The third-order valence-electron chi connectivity index (χ3n) is 1.51. The molecule has 0 bridgehead atoms. The second-order valence-electron chi connectivity index (χ2n) is 2.87. The monoisotopic (exact) mass is 241 g/mol. The van der Waals surface area contributed by atoms with Gasteiger partial charge in [0.25, 0.3) is 0 Å². The van der Waals surface area contributed by atoms with Crippen molar-refractivity contribution >= 4 is 18.4 Å². The Morgan fingerprint density at radius 2 is 1.87 bits per heavy atom. The lowest BCUT2D eigenvalue weighted by atomic mass is 10.3. The number of esters is 1. The highest BCUT2D eigenvalue weighted by Gasteiger charge is 2.30. The summed E-state index contributed by atoms with van der Waals surface area (Å²) >= 11 is 0. The predicted octanol–water partition coefficient (Wildman–Crippen LogP) is 0.699. The van der Waals surface area contributed by atoms with Crippen LogP contribution in [0.4, 0.5) is 0 Å². The van der Waals surface area contributed by atoms with E-state index in [-0.39, 0.29) is 19.0 Å². The minimum Gasteiger partial charge on any atom is -0.463 e. The maximum atomic E-state index is 11.2. The van der Waals surface area contributed by atoms with Crippen molar-refractivity contribution in [3.63, 3.8) is 0 Å². The third kappa shape index (κ3) is 7.56. The van der Waals surface area contributed by atoms with Crippen molar-refractivity contribution < 1.29 is 19.0 Å². The summed E-state index contributed by atoms with van der Waals surface area (Å²) in [4.78, 5) is 11.2. The Kier molecular flexibility index (Phi) is 10.1. The number of carbonyl (C=O) groups is 1. The molecule has 0 saturated carbocycles. The highest BCUT2D eigenvalue weighted by atomic mass is 35.5. The SMILES string of the molecule is CCOCCO[C@@](C)(N)C(=O)OCC.Cl. The van der Waals surface area contributed by atoms with Crippen LogP contribution in [0, 0.1) is 0 Å². The average molecular weight is 242 g/mol. The molecule has 0 aromatic heterocycles. The number of hydrogen-bond acceptors (Lipinski definition) is 5. The second-order valence-corrected chi connectivity index (χ2v) is 2.87. The van der Waals surface area contributed by atoms with Crippen LogP contribution in [0.5, 0.6) is 0 Å². The molecule has 0 aliphatic rings. The zero-order valence-electron chi connectivity index (χ0n) is 9.45. The first-order valence-corrected chi connectivity index (χ1v) is 4.72. The summed E-state index contributed by atoms with van der Waals surface area (Å²) in [7, 11) is 0. The van der Waals surface area contributed by atoms with E-state index in [1.165, 1.54) is 6.92 Å². The van der Waals surface area contributed by atoms with Gasteiger partial charge in [-0.25, -0.2) is 4.79 Å². The van der Waals surface area contributed by atoms with Crippen molar-refractivity contribution in [3.05, 3.63) is 0 Å². The van der Waals surface area contributed by atoms with E-state index in [4.69, 9.17) is 19.9 Å². The van der Waals surface area contributed by atoms with Crippen molar-refractivity contribution in [1.29, 1.82) is 0 Å². The van der Waals surface area contributed by atoms with Gasteiger partial charge in [-0.3, -0.25) is 5.73 Å². The Balaban J connectivity index is 0. The number of rotatable bonds is 7. The van der Waals surface area contributed by atoms with Gasteiger partial charge >= 0.3 is 5.97 Å². The summed E-state index contributed by atoms with van der Waals surface area (Å²) in [6.07, 6.45) is 0. The molecule has 0 radical (unpaired) electrons. The molecule has 0 aliphatic carbocycles. The highest BCUT2D eigenvalue weighted by Crippen LogP contribution is 2.04. The zero-order chi connectivity index (χ0) is 11.0. The maximum Gasteiger partial charge on any atom is 0.353 e. The number of ether oxygens (including phenoxy) is 3. The summed E-state index contributed by atoms with van der Waals surface area (Å²) in [6, 6.07) is 0. The van der Waals surface area contributed by atoms with Crippen molar-refractivity contribution in [2.24, 2.45) is 5.73 Å². The molecule has 15 heavy (non-hydrogen) atoms. The van der Waals surface area contributed by atoms with Crippen molar-refractivity contribution in [3.8, 4) is 0 Å². The molecule has 2 N–H and O–H groups in total. The van der Waals surface area contributed by atoms with Gasteiger partial charge < -0.3 is 14.2 Å². The van der Waals surface area contributed by atoms with E-state index in [0.717, 1.165) is 0 Å². The van der Waals surface area contributed by atoms with Crippen LogP contribution in [0.2, 0.25) is 0 Å². The van der Waals surface area contributed by atoms with Gasteiger partial charge in [0.15, 0.2) is 0 Å². The van der Waals surface area contributed by atoms with Gasteiger partial charge in [0.2, 0.25) is 5.72 Å². The Labute approximate surface area is 96.7 Å².